The molecule has 4 rings (SSSR count). The highest BCUT2D eigenvalue weighted by Gasteiger charge is 2.33. The highest BCUT2D eigenvalue weighted by atomic mass is 35.5. The summed E-state index contributed by atoms with van der Waals surface area (Å²) in [5.41, 5.74) is 12.4. The molecule has 1 aromatic heterocycles. The number of carbonyl (C=O) groups excluding carboxylic acids is 1. The maximum absolute atomic E-state index is 13.3. The third-order valence-electron chi connectivity index (χ3n) is 5.43. The molecule has 0 aliphatic heterocycles. The number of benzene rings is 3. The first-order valence-electron chi connectivity index (χ1n) is 10.3. The molecule has 0 spiro atoms. The normalized spacial score (nSPS) is 11.4. The van der Waals surface area contributed by atoms with Crippen LogP contribution in [0.15, 0.2) is 72.8 Å². The van der Waals surface area contributed by atoms with E-state index in [1.54, 1.807) is 60.0 Å². The number of hydrogen-bond acceptors (Lipinski definition) is 3. The predicted molar refractivity (Wildman–Crippen MR) is 133 cm³/mol. The van der Waals surface area contributed by atoms with Crippen LogP contribution >= 0.6 is 23.2 Å². The number of nitrogens with one attached hydrogen (secondary N) is 2. The quantitative estimate of drug-likeness (QED) is 0.246. The van der Waals surface area contributed by atoms with Gasteiger partial charge in [0.15, 0.2) is 0 Å². The number of rotatable bonds is 5. The zero-order chi connectivity index (χ0) is 25.3. The van der Waals surface area contributed by atoms with Gasteiger partial charge in [-0.3, -0.25) is 20.2 Å². The largest absolute Gasteiger partial charge is 0.418 e. The van der Waals surface area contributed by atoms with Crippen molar-refractivity contribution in [3.63, 3.8) is 0 Å². The van der Waals surface area contributed by atoms with Crippen molar-refractivity contribution in [2.45, 2.75) is 13.1 Å². The van der Waals surface area contributed by atoms with E-state index >= 15 is 0 Å². The zero-order valence-corrected chi connectivity index (χ0v) is 19.8. The smallest absolute Gasteiger partial charge is 0.384 e. The van der Waals surface area contributed by atoms with Crippen LogP contribution in [-0.2, 0) is 6.18 Å². The number of amides is 1. The van der Waals surface area contributed by atoms with E-state index in [0.717, 1.165) is 6.07 Å². The Labute approximate surface area is 209 Å². The first-order chi connectivity index (χ1) is 16.6. The van der Waals surface area contributed by atoms with Crippen LogP contribution in [0.5, 0.6) is 0 Å². The van der Waals surface area contributed by atoms with Crippen molar-refractivity contribution in [1.29, 1.82) is 0 Å². The van der Waals surface area contributed by atoms with Gasteiger partial charge in [-0.05, 0) is 54.4 Å². The molecular weight excluding hydrogens is 500 g/mol. The Morgan fingerprint density at radius 3 is 2.23 bits per heavy atom. The zero-order valence-electron chi connectivity index (χ0n) is 18.3. The number of hydrazine groups is 1. The molecule has 5 nitrogen and oxygen atoms in total. The van der Waals surface area contributed by atoms with Gasteiger partial charge in [0, 0.05) is 5.02 Å². The molecule has 0 bridgehead atoms. The number of halogens is 5. The molecule has 0 saturated carbocycles. The van der Waals surface area contributed by atoms with Crippen molar-refractivity contribution in [1.82, 2.24) is 9.99 Å². The minimum absolute atomic E-state index is 0.0731. The van der Waals surface area contributed by atoms with Gasteiger partial charge >= 0.3 is 6.18 Å². The van der Waals surface area contributed by atoms with E-state index in [2.05, 4.69) is 10.9 Å². The average Bonchev–Trinajstić information content (AvgIpc) is 3.08. The van der Waals surface area contributed by atoms with E-state index in [1.165, 1.54) is 18.2 Å². The number of aromatic nitrogens is 1. The van der Waals surface area contributed by atoms with Gasteiger partial charge < -0.3 is 5.73 Å². The molecule has 0 fully saturated rings. The molecule has 0 aliphatic rings. The molecule has 0 unspecified atom stereocenters. The van der Waals surface area contributed by atoms with Crippen molar-refractivity contribution < 1.29 is 18.0 Å². The van der Waals surface area contributed by atoms with E-state index in [1.807, 2.05) is 0 Å². The Hall–Kier alpha value is -3.62. The monoisotopic (exact) mass is 518 g/mol. The third kappa shape index (κ3) is 4.80. The summed E-state index contributed by atoms with van der Waals surface area (Å²) < 4.78 is 41.6. The number of nitrogens with two attached hydrogens (primary N) is 1. The van der Waals surface area contributed by atoms with Gasteiger partial charge in [-0.2, -0.15) is 13.2 Å². The van der Waals surface area contributed by atoms with Crippen molar-refractivity contribution in [2.75, 3.05) is 11.2 Å². The Balaban J connectivity index is 1.79. The lowest BCUT2D eigenvalue weighted by Gasteiger charge is -2.15. The standard InChI is InChI=1S/C25H19Cl2F3N4O/c1-14-21(24(35)33-32-19-8-4-2-6-17(19)25(28,29)30)23(31)34(20-9-5-3-7-18(20)27)22(14)15-10-12-16(26)13-11-15/h2-13,32H,31H2,1H3,(H,33,35). The van der Waals surface area contributed by atoms with Crippen LogP contribution in [0.25, 0.3) is 16.9 Å². The number of para-hydroxylation sites is 2. The van der Waals surface area contributed by atoms with E-state index in [4.69, 9.17) is 28.9 Å². The van der Waals surface area contributed by atoms with Crippen LogP contribution in [0.3, 0.4) is 0 Å². The molecule has 4 aromatic rings. The Morgan fingerprint density at radius 1 is 0.943 bits per heavy atom. The van der Waals surface area contributed by atoms with Crippen LogP contribution in [0.1, 0.15) is 21.5 Å². The second-order valence-electron chi connectivity index (χ2n) is 7.65. The van der Waals surface area contributed by atoms with Crippen LogP contribution in [-0.4, -0.2) is 10.5 Å². The van der Waals surface area contributed by atoms with Gasteiger partial charge in [-0.1, -0.05) is 59.6 Å². The second-order valence-corrected chi connectivity index (χ2v) is 8.49. The lowest BCUT2D eigenvalue weighted by Crippen LogP contribution is -2.31. The highest BCUT2D eigenvalue weighted by Crippen LogP contribution is 2.38. The fourth-order valence-corrected chi connectivity index (χ4v) is 4.21. The molecule has 3 aromatic carbocycles. The minimum Gasteiger partial charge on any atom is -0.384 e. The Bertz CT molecular complexity index is 1400. The number of anilines is 2. The minimum atomic E-state index is -4.60. The molecule has 0 atom stereocenters. The van der Waals surface area contributed by atoms with E-state index in [-0.39, 0.29) is 17.1 Å². The molecule has 0 saturated heterocycles. The fraction of sp³-hybridized carbons (Fsp3) is 0.0800. The highest BCUT2D eigenvalue weighted by molar-refractivity contribution is 6.32. The summed E-state index contributed by atoms with van der Waals surface area (Å²) >= 11 is 12.5. The molecule has 35 heavy (non-hydrogen) atoms. The summed E-state index contributed by atoms with van der Waals surface area (Å²) in [6.45, 7) is 1.70. The predicted octanol–water partition coefficient (Wildman–Crippen LogP) is 7.12. The van der Waals surface area contributed by atoms with Crippen LogP contribution in [0, 0.1) is 6.92 Å². The van der Waals surface area contributed by atoms with Crippen molar-refractivity contribution >= 4 is 40.6 Å². The molecule has 10 heteroatoms. The number of alkyl halides is 3. The van der Waals surface area contributed by atoms with E-state index < -0.39 is 17.6 Å². The molecule has 1 heterocycles. The number of nitrogens with zero attached hydrogens (tertiary/aromatic N) is 1. The summed E-state index contributed by atoms with van der Waals surface area (Å²) in [5, 5.41) is 0.925. The summed E-state index contributed by atoms with van der Waals surface area (Å²) in [6.07, 6.45) is -4.60. The van der Waals surface area contributed by atoms with Gasteiger partial charge in [0.05, 0.1) is 33.2 Å². The number of carbonyl (C=O) groups is 1. The lowest BCUT2D eigenvalue weighted by molar-refractivity contribution is -0.137. The summed E-state index contributed by atoms with van der Waals surface area (Å²) in [4.78, 5) is 13.2. The molecule has 0 aliphatic carbocycles. The summed E-state index contributed by atoms with van der Waals surface area (Å²) in [7, 11) is 0. The first kappa shape index (κ1) is 24.5. The topological polar surface area (TPSA) is 72.1 Å². The summed E-state index contributed by atoms with van der Waals surface area (Å²) in [6, 6.07) is 18.7. The molecule has 1 amide bonds. The maximum atomic E-state index is 13.3. The van der Waals surface area contributed by atoms with Crippen LogP contribution in [0.4, 0.5) is 24.7 Å². The van der Waals surface area contributed by atoms with Gasteiger partial charge in [0.1, 0.15) is 5.82 Å². The van der Waals surface area contributed by atoms with E-state index in [9.17, 15) is 18.0 Å². The average molecular weight is 519 g/mol. The number of nitrogen functional groups attached to an aromatic ring is 1. The molecule has 180 valence electrons. The van der Waals surface area contributed by atoms with Gasteiger partial charge in [0.25, 0.3) is 5.91 Å². The van der Waals surface area contributed by atoms with Gasteiger partial charge in [-0.15, -0.1) is 0 Å². The van der Waals surface area contributed by atoms with Gasteiger partial charge in [-0.25, -0.2) is 0 Å². The number of hydrogen-bond donors (Lipinski definition) is 3. The molecule has 0 radical (unpaired) electrons. The van der Waals surface area contributed by atoms with Crippen LogP contribution < -0.4 is 16.6 Å². The lowest BCUT2D eigenvalue weighted by atomic mass is 10.1. The molecular formula is C25H19Cl2F3N4O. The van der Waals surface area contributed by atoms with Crippen molar-refractivity contribution in [3.8, 4) is 16.9 Å². The van der Waals surface area contributed by atoms with Crippen molar-refractivity contribution in [3.05, 3.63) is 99.5 Å². The Kier molecular flexibility index (Phi) is 6.69. The SMILES string of the molecule is Cc1c(C(=O)NNc2ccccc2C(F)(F)F)c(N)n(-c2ccccc2Cl)c1-c1ccc(Cl)cc1. The molecule has 4 N–H and O–H groups in total. The van der Waals surface area contributed by atoms with E-state index in [0.29, 0.717) is 32.6 Å². The first-order valence-corrected chi connectivity index (χ1v) is 11.1. The second kappa shape index (κ2) is 9.56. The Morgan fingerprint density at radius 2 is 1.57 bits per heavy atom. The van der Waals surface area contributed by atoms with Crippen LogP contribution in [0.2, 0.25) is 10.0 Å². The van der Waals surface area contributed by atoms with Crippen molar-refractivity contribution in [2.24, 2.45) is 0 Å². The third-order valence-corrected chi connectivity index (χ3v) is 6.00. The fourth-order valence-electron chi connectivity index (χ4n) is 3.86. The van der Waals surface area contributed by atoms with Gasteiger partial charge in [0.2, 0.25) is 0 Å². The maximum Gasteiger partial charge on any atom is 0.418 e. The summed E-state index contributed by atoms with van der Waals surface area (Å²) in [5.74, 6) is -0.637.